The van der Waals surface area contributed by atoms with E-state index in [0.29, 0.717) is 35.2 Å². The zero-order chi connectivity index (χ0) is 16.7. The highest BCUT2D eigenvalue weighted by Crippen LogP contribution is 2.21. The quantitative estimate of drug-likeness (QED) is 0.720. The van der Waals surface area contributed by atoms with Gasteiger partial charge in [0, 0.05) is 12.2 Å². The van der Waals surface area contributed by atoms with Crippen molar-refractivity contribution in [3.63, 3.8) is 0 Å². The van der Waals surface area contributed by atoms with E-state index in [2.05, 4.69) is 10.6 Å². The lowest BCUT2D eigenvalue weighted by atomic mass is 10.0. The number of benzene rings is 1. The van der Waals surface area contributed by atoms with Crippen LogP contribution in [0.5, 0.6) is 0 Å². The van der Waals surface area contributed by atoms with Crippen LogP contribution >= 0.6 is 11.6 Å². The summed E-state index contributed by atoms with van der Waals surface area (Å²) in [5.74, 6) is -0.136. The highest BCUT2D eigenvalue weighted by Gasteiger charge is 2.16. The first-order valence-corrected chi connectivity index (χ1v) is 7.87. The molecule has 0 fully saturated rings. The second-order valence-corrected chi connectivity index (χ2v) is 6.08. The van der Waals surface area contributed by atoms with E-state index in [-0.39, 0.29) is 11.8 Å². The molecule has 0 heterocycles. The van der Waals surface area contributed by atoms with Gasteiger partial charge in [0.1, 0.15) is 0 Å². The number of carbonyl (C=O) groups is 2. The SMILES string of the molecule is CCCNC(=O)c1ccc(NC(=O)[C@@H](N)CC(C)C)cc1Cl. The molecule has 22 heavy (non-hydrogen) atoms. The maximum Gasteiger partial charge on any atom is 0.252 e. The van der Waals surface area contributed by atoms with Gasteiger partial charge in [0.05, 0.1) is 16.6 Å². The van der Waals surface area contributed by atoms with Gasteiger partial charge < -0.3 is 16.4 Å². The van der Waals surface area contributed by atoms with Crippen LogP contribution in [0.1, 0.15) is 44.0 Å². The van der Waals surface area contributed by atoms with Crippen molar-refractivity contribution >= 4 is 29.1 Å². The number of anilines is 1. The predicted octanol–water partition coefficient (Wildman–Crippen LogP) is 2.79. The van der Waals surface area contributed by atoms with E-state index in [1.54, 1.807) is 18.2 Å². The van der Waals surface area contributed by atoms with Crippen LogP contribution in [0.15, 0.2) is 18.2 Å². The van der Waals surface area contributed by atoms with Gasteiger partial charge in [-0.3, -0.25) is 9.59 Å². The largest absolute Gasteiger partial charge is 0.352 e. The topological polar surface area (TPSA) is 84.2 Å². The highest BCUT2D eigenvalue weighted by molar-refractivity contribution is 6.34. The van der Waals surface area contributed by atoms with Crippen LogP contribution < -0.4 is 16.4 Å². The first-order valence-electron chi connectivity index (χ1n) is 7.49. The van der Waals surface area contributed by atoms with Gasteiger partial charge in [-0.15, -0.1) is 0 Å². The van der Waals surface area contributed by atoms with Crippen LogP contribution in [-0.2, 0) is 4.79 Å². The number of hydrogen-bond acceptors (Lipinski definition) is 3. The fourth-order valence-corrected chi connectivity index (χ4v) is 2.23. The molecule has 0 spiro atoms. The molecule has 1 atom stereocenters. The average Bonchev–Trinajstić information content (AvgIpc) is 2.44. The molecule has 1 aromatic rings. The predicted molar refractivity (Wildman–Crippen MR) is 90.1 cm³/mol. The van der Waals surface area contributed by atoms with E-state index in [0.717, 1.165) is 6.42 Å². The molecular weight excluding hydrogens is 302 g/mol. The van der Waals surface area contributed by atoms with Crippen molar-refractivity contribution in [1.82, 2.24) is 5.32 Å². The summed E-state index contributed by atoms with van der Waals surface area (Å²) < 4.78 is 0. The highest BCUT2D eigenvalue weighted by atomic mass is 35.5. The summed E-state index contributed by atoms with van der Waals surface area (Å²) in [6, 6.07) is 4.23. The van der Waals surface area contributed by atoms with Crippen molar-refractivity contribution in [3.05, 3.63) is 28.8 Å². The first-order chi connectivity index (χ1) is 10.3. The molecule has 0 aliphatic rings. The number of carbonyl (C=O) groups excluding carboxylic acids is 2. The summed E-state index contributed by atoms with van der Waals surface area (Å²) in [6.07, 6.45) is 1.46. The van der Waals surface area contributed by atoms with E-state index < -0.39 is 6.04 Å². The molecule has 6 heteroatoms. The summed E-state index contributed by atoms with van der Waals surface area (Å²) >= 11 is 6.11. The fraction of sp³-hybridized carbons (Fsp3) is 0.500. The minimum absolute atomic E-state index is 0.221. The summed E-state index contributed by atoms with van der Waals surface area (Å²) in [7, 11) is 0. The van der Waals surface area contributed by atoms with Crippen molar-refractivity contribution < 1.29 is 9.59 Å². The molecule has 0 bridgehead atoms. The van der Waals surface area contributed by atoms with Gasteiger partial charge in [0.2, 0.25) is 5.91 Å². The van der Waals surface area contributed by atoms with E-state index in [1.807, 2.05) is 20.8 Å². The summed E-state index contributed by atoms with van der Waals surface area (Å²) in [4.78, 5) is 23.8. The first kappa shape index (κ1) is 18.5. The molecular formula is C16H24ClN3O2. The molecule has 122 valence electrons. The second kappa shape index (κ2) is 8.76. The van der Waals surface area contributed by atoms with Crippen molar-refractivity contribution in [1.29, 1.82) is 0 Å². The lowest BCUT2D eigenvalue weighted by Crippen LogP contribution is -2.36. The van der Waals surface area contributed by atoms with Crippen molar-refractivity contribution in [2.75, 3.05) is 11.9 Å². The molecule has 5 nitrogen and oxygen atoms in total. The standard InChI is InChI=1S/C16H24ClN3O2/c1-4-7-19-15(21)12-6-5-11(9-13(12)17)20-16(22)14(18)8-10(2)3/h5-6,9-10,14H,4,7-8,18H2,1-3H3,(H,19,21)(H,20,22)/t14-/m0/s1. The Labute approximate surface area is 136 Å². The fourth-order valence-electron chi connectivity index (χ4n) is 1.96. The van der Waals surface area contributed by atoms with Crippen molar-refractivity contribution in [3.8, 4) is 0 Å². The van der Waals surface area contributed by atoms with Crippen LogP contribution in [0.25, 0.3) is 0 Å². The Hall–Kier alpha value is -1.59. The van der Waals surface area contributed by atoms with Crippen LogP contribution in [0, 0.1) is 5.92 Å². The Morgan fingerprint density at radius 3 is 2.55 bits per heavy atom. The number of amides is 2. The zero-order valence-corrected chi connectivity index (χ0v) is 14.0. The van der Waals surface area contributed by atoms with Crippen LogP contribution in [-0.4, -0.2) is 24.4 Å². The molecule has 2 amide bonds. The van der Waals surface area contributed by atoms with Crippen LogP contribution in [0.3, 0.4) is 0 Å². The van der Waals surface area contributed by atoms with E-state index in [4.69, 9.17) is 17.3 Å². The van der Waals surface area contributed by atoms with Gasteiger partial charge in [-0.1, -0.05) is 32.4 Å². The Bertz CT molecular complexity index is 532. The van der Waals surface area contributed by atoms with Crippen LogP contribution in [0.2, 0.25) is 5.02 Å². The lowest BCUT2D eigenvalue weighted by Gasteiger charge is -2.15. The molecule has 0 radical (unpaired) electrons. The minimum atomic E-state index is -0.564. The van der Waals surface area contributed by atoms with Gasteiger partial charge in [-0.2, -0.15) is 0 Å². The molecule has 0 saturated carbocycles. The monoisotopic (exact) mass is 325 g/mol. The number of halogens is 1. The zero-order valence-electron chi connectivity index (χ0n) is 13.3. The molecule has 0 aliphatic carbocycles. The van der Waals surface area contributed by atoms with Crippen LogP contribution in [0.4, 0.5) is 5.69 Å². The van der Waals surface area contributed by atoms with Gasteiger partial charge in [-0.25, -0.2) is 0 Å². The van der Waals surface area contributed by atoms with Gasteiger partial charge in [0.25, 0.3) is 5.91 Å². The number of nitrogens with two attached hydrogens (primary N) is 1. The minimum Gasteiger partial charge on any atom is -0.352 e. The molecule has 4 N–H and O–H groups in total. The Morgan fingerprint density at radius 1 is 1.32 bits per heavy atom. The maximum atomic E-state index is 12.0. The third-order valence-electron chi connectivity index (χ3n) is 3.08. The van der Waals surface area contributed by atoms with E-state index in [1.165, 1.54) is 0 Å². The third-order valence-corrected chi connectivity index (χ3v) is 3.39. The van der Waals surface area contributed by atoms with Gasteiger partial charge in [0.15, 0.2) is 0 Å². The number of nitrogens with one attached hydrogen (secondary N) is 2. The molecule has 1 rings (SSSR count). The number of rotatable bonds is 7. The van der Waals surface area contributed by atoms with E-state index >= 15 is 0 Å². The Kier molecular flexibility index (Phi) is 7.35. The van der Waals surface area contributed by atoms with Gasteiger partial charge >= 0.3 is 0 Å². The third kappa shape index (κ3) is 5.66. The maximum absolute atomic E-state index is 12.0. The Balaban J connectivity index is 2.73. The lowest BCUT2D eigenvalue weighted by molar-refractivity contribution is -0.117. The molecule has 0 aliphatic heterocycles. The molecule has 0 saturated heterocycles. The van der Waals surface area contributed by atoms with Crippen molar-refractivity contribution in [2.45, 2.75) is 39.7 Å². The second-order valence-electron chi connectivity index (χ2n) is 5.68. The van der Waals surface area contributed by atoms with E-state index in [9.17, 15) is 9.59 Å². The number of hydrogen-bond donors (Lipinski definition) is 3. The Morgan fingerprint density at radius 2 is 2.00 bits per heavy atom. The summed E-state index contributed by atoms with van der Waals surface area (Å²) in [5, 5.41) is 5.77. The molecule has 0 aromatic heterocycles. The smallest absolute Gasteiger partial charge is 0.252 e. The summed E-state index contributed by atoms with van der Waals surface area (Å²) in [6.45, 7) is 6.58. The van der Waals surface area contributed by atoms with Crippen molar-refractivity contribution in [2.24, 2.45) is 11.7 Å². The normalized spacial score (nSPS) is 12.1. The van der Waals surface area contributed by atoms with Gasteiger partial charge in [-0.05, 0) is 37.0 Å². The summed E-state index contributed by atoms with van der Waals surface area (Å²) in [5.41, 5.74) is 6.75. The molecule has 1 aromatic carbocycles. The molecule has 0 unspecified atom stereocenters. The average molecular weight is 326 g/mol.